The second-order valence-electron chi connectivity index (χ2n) is 4.68. The third-order valence-electron chi connectivity index (χ3n) is 3.37. The van der Waals surface area contributed by atoms with E-state index in [9.17, 15) is 13.9 Å². The zero-order valence-corrected chi connectivity index (χ0v) is 11.0. The third-order valence-corrected chi connectivity index (χ3v) is 3.37. The van der Waals surface area contributed by atoms with Crippen LogP contribution < -0.4 is 10.2 Å². The molecule has 2 rings (SSSR count). The summed E-state index contributed by atoms with van der Waals surface area (Å²) < 4.78 is 27.4. The van der Waals surface area contributed by atoms with Gasteiger partial charge >= 0.3 is 0 Å². The van der Waals surface area contributed by atoms with Crippen LogP contribution in [0, 0.1) is 11.6 Å². The molecule has 0 aromatic carbocycles. The summed E-state index contributed by atoms with van der Waals surface area (Å²) in [5.74, 6) is -1.20. The fourth-order valence-electron chi connectivity index (χ4n) is 2.42. The second-order valence-corrected chi connectivity index (χ2v) is 4.68. The summed E-state index contributed by atoms with van der Waals surface area (Å²) in [6.45, 7) is 2.92. The normalized spacial score (nSPS) is 19.6. The predicted molar refractivity (Wildman–Crippen MR) is 70.4 cm³/mol. The Kier molecular flexibility index (Phi) is 4.52. The molecule has 1 aliphatic heterocycles. The molecule has 19 heavy (non-hydrogen) atoms. The van der Waals surface area contributed by atoms with E-state index in [1.165, 1.54) is 0 Å². The number of aromatic nitrogens is 1. The number of hydrogen-bond acceptors (Lipinski definition) is 4. The molecule has 0 saturated carbocycles. The van der Waals surface area contributed by atoms with Crippen LogP contribution in [0.2, 0.25) is 0 Å². The molecule has 0 radical (unpaired) electrons. The van der Waals surface area contributed by atoms with Crippen LogP contribution in [0.25, 0.3) is 0 Å². The highest BCUT2D eigenvalue weighted by Gasteiger charge is 2.26. The van der Waals surface area contributed by atoms with E-state index in [0.717, 1.165) is 25.3 Å². The number of hydrogen-bond donors (Lipinski definition) is 2. The van der Waals surface area contributed by atoms with Gasteiger partial charge in [0.15, 0.2) is 23.3 Å². The molecular formula is C13H19F2N3O. The number of aliphatic hydroxyl groups is 1. The number of pyridine rings is 1. The van der Waals surface area contributed by atoms with Crippen LogP contribution in [0.4, 0.5) is 20.4 Å². The molecule has 106 valence electrons. The summed E-state index contributed by atoms with van der Waals surface area (Å²) in [7, 11) is 0. The van der Waals surface area contributed by atoms with Crippen molar-refractivity contribution in [2.75, 3.05) is 29.9 Å². The van der Waals surface area contributed by atoms with Crippen LogP contribution in [0.15, 0.2) is 6.07 Å². The van der Waals surface area contributed by atoms with E-state index in [2.05, 4.69) is 10.3 Å². The lowest BCUT2D eigenvalue weighted by Gasteiger charge is -2.35. The Morgan fingerprint density at radius 1 is 1.42 bits per heavy atom. The highest BCUT2D eigenvalue weighted by Crippen LogP contribution is 2.28. The van der Waals surface area contributed by atoms with Gasteiger partial charge in [0.25, 0.3) is 0 Å². The second kappa shape index (κ2) is 6.14. The van der Waals surface area contributed by atoms with E-state index >= 15 is 0 Å². The van der Waals surface area contributed by atoms with Crippen molar-refractivity contribution in [2.45, 2.75) is 32.2 Å². The molecule has 2 heterocycles. The van der Waals surface area contributed by atoms with Crippen molar-refractivity contribution >= 4 is 11.6 Å². The molecular weight excluding hydrogens is 252 g/mol. The average Bonchev–Trinajstić information content (AvgIpc) is 2.42. The summed E-state index contributed by atoms with van der Waals surface area (Å²) in [4.78, 5) is 5.77. The molecule has 0 bridgehead atoms. The first-order chi connectivity index (χ1) is 9.17. The standard InChI is InChI=1S/C13H19F2N3O/c1-2-16-12-10(14)7-11(15)13(17-12)18-6-4-3-5-9(18)8-19/h7,9,19H,2-6,8H2,1H3,(H,16,17). The molecule has 1 aliphatic rings. The molecule has 1 saturated heterocycles. The van der Waals surface area contributed by atoms with Gasteiger partial charge in [0.05, 0.1) is 12.6 Å². The minimum atomic E-state index is -0.694. The van der Waals surface area contributed by atoms with Crippen molar-refractivity contribution in [2.24, 2.45) is 0 Å². The van der Waals surface area contributed by atoms with Gasteiger partial charge in [0, 0.05) is 19.2 Å². The summed E-state index contributed by atoms with van der Waals surface area (Å²) in [6.07, 6.45) is 2.72. The number of piperidine rings is 1. The highest BCUT2D eigenvalue weighted by molar-refractivity contribution is 5.50. The summed E-state index contributed by atoms with van der Waals surface area (Å²) >= 11 is 0. The largest absolute Gasteiger partial charge is 0.394 e. The van der Waals surface area contributed by atoms with Crippen LogP contribution in [-0.2, 0) is 0 Å². The SMILES string of the molecule is CCNc1nc(N2CCCCC2CO)c(F)cc1F. The van der Waals surface area contributed by atoms with Gasteiger partial charge in [0.1, 0.15) is 0 Å². The van der Waals surface area contributed by atoms with Crippen LogP contribution in [0.1, 0.15) is 26.2 Å². The van der Waals surface area contributed by atoms with Crippen molar-refractivity contribution in [3.05, 3.63) is 17.7 Å². The van der Waals surface area contributed by atoms with Crippen LogP contribution in [0.3, 0.4) is 0 Å². The number of aliphatic hydroxyl groups excluding tert-OH is 1. The van der Waals surface area contributed by atoms with Gasteiger partial charge in [0.2, 0.25) is 0 Å². The van der Waals surface area contributed by atoms with Gasteiger partial charge < -0.3 is 15.3 Å². The third kappa shape index (κ3) is 2.94. The van der Waals surface area contributed by atoms with E-state index in [-0.39, 0.29) is 24.3 Å². The van der Waals surface area contributed by atoms with E-state index < -0.39 is 11.6 Å². The highest BCUT2D eigenvalue weighted by atomic mass is 19.1. The zero-order chi connectivity index (χ0) is 13.8. The predicted octanol–water partition coefficient (Wildman–Crippen LogP) is 2.14. The maximum Gasteiger partial charge on any atom is 0.168 e. The number of halogens is 2. The average molecular weight is 271 g/mol. The summed E-state index contributed by atoms with van der Waals surface area (Å²) in [5, 5.41) is 12.1. The smallest absolute Gasteiger partial charge is 0.168 e. The van der Waals surface area contributed by atoms with Crippen LogP contribution >= 0.6 is 0 Å². The first kappa shape index (κ1) is 14.0. The Morgan fingerprint density at radius 3 is 2.89 bits per heavy atom. The molecule has 1 unspecified atom stereocenters. The Hall–Kier alpha value is -1.43. The Labute approximate surface area is 111 Å². The van der Waals surface area contributed by atoms with Crippen LogP contribution in [-0.4, -0.2) is 35.8 Å². The molecule has 0 spiro atoms. The van der Waals surface area contributed by atoms with E-state index in [4.69, 9.17) is 0 Å². The lowest BCUT2D eigenvalue weighted by atomic mass is 10.0. The van der Waals surface area contributed by atoms with Gasteiger partial charge in [-0.25, -0.2) is 13.8 Å². The minimum Gasteiger partial charge on any atom is -0.394 e. The van der Waals surface area contributed by atoms with Crippen molar-refractivity contribution in [1.82, 2.24) is 4.98 Å². The summed E-state index contributed by atoms with van der Waals surface area (Å²) in [6, 6.07) is 0.708. The molecule has 1 fully saturated rings. The molecule has 1 aromatic heterocycles. The molecule has 0 aliphatic carbocycles. The van der Waals surface area contributed by atoms with E-state index in [0.29, 0.717) is 13.1 Å². The van der Waals surface area contributed by atoms with Crippen LogP contribution in [0.5, 0.6) is 0 Å². The first-order valence-corrected chi connectivity index (χ1v) is 6.64. The monoisotopic (exact) mass is 271 g/mol. The number of rotatable bonds is 4. The molecule has 1 atom stereocenters. The van der Waals surface area contributed by atoms with E-state index in [1.54, 1.807) is 4.90 Å². The molecule has 2 N–H and O–H groups in total. The fraction of sp³-hybridized carbons (Fsp3) is 0.615. The minimum absolute atomic E-state index is 0.0466. The quantitative estimate of drug-likeness (QED) is 0.881. The lowest BCUT2D eigenvalue weighted by molar-refractivity contribution is 0.238. The summed E-state index contributed by atoms with van der Waals surface area (Å²) in [5.41, 5.74) is 0. The van der Waals surface area contributed by atoms with Gasteiger partial charge in [-0.1, -0.05) is 0 Å². The zero-order valence-electron chi connectivity index (χ0n) is 11.0. The first-order valence-electron chi connectivity index (χ1n) is 6.64. The van der Waals surface area contributed by atoms with E-state index in [1.807, 2.05) is 6.92 Å². The van der Waals surface area contributed by atoms with Gasteiger partial charge in [-0.2, -0.15) is 0 Å². The number of nitrogens with zero attached hydrogens (tertiary/aromatic N) is 2. The Bertz CT molecular complexity index is 442. The Morgan fingerprint density at radius 2 is 2.21 bits per heavy atom. The molecule has 4 nitrogen and oxygen atoms in total. The number of anilines is 2. The fourth-order valence-corrected chi connectivity index (χ4v) is 2.42. The lowest BCUT2D eigenvalue weighted by Crippen LogP contribution is -2.43. The van der Waals surface area contributed by atoms with Crippen molar-refractivity contribution in [3.63, 3.8) is 0 Å². The van der Waals surface area contributed by atoms with Gasteiger partial charge in [-0.05, 0) is 26.2 Å². The van der Waals surface area contributed by atoms with Gasteiger partial charge in [-0.15, -0.1) is 0 Å². The van der Waals surface area contributed by atoms with Crippen molar-refractivity contribution in [3.8, 4) is 0 Å². The van der Waals surface area contributed by atoms with Crippen molar-refractivity contribution < 1.29 is 13.9 Å². The maximum atomic E-state index is 13.9. The number of nitrogens with one attached hydrogen (secondary N) is 1. The molecule has 0 amide bonds. The maximum absolute atomic E-state index is 13.9. The Balaban J connectivity index is 2.34. The molecule has 1 aromatic rings. The topological polar surface area (TPSA) is 48.4 Å². The molecule has 6 heteroatoms. The van der Waals surface area contributed by atoms with Crippen molar-refractivity contribution in [1.29, 1.82) is 0 Å². The van der Waals surface area contributed by atoms with Gasteiger partial charge in [-0.3, -0.25) is 0 Å².